The molecule has 4 atom stereocenters. The van der Waals surface area contributed by atoms with Gasteiger partial charge in [0.25, 0.3) is 0 Å². The molecule has 61 heavy (non-hydrogen) atoms. The number of ether oxygens (including phenoxy) is 2. The number of carbonyl (C=O) groups excluding carboxylic acids is 4. The van der Waals surface area contributed by atoms with Gasteiger partial charge < -0.3 is 35.0 Å². The van der Waals surface area contributed by atoms with Crippen molar-refractivity contribution in [1.29, 1.82) is 0 Å². The van der Waals surface area contributed by atoms with Gasteiger partial charge in [0.15, 0.2) is 0 Å². The van der Waals surface area contributed by atoms with E-state index in [4.69, 9.17) is 24.4 Å². The standard InChI is InChI=1S/C46H47N9O6/c1-25(2)39(53-46(59)61-4)44(57)54-20-6-9-37(54)41-47-24-36(51-41)30-16-18-33-29(21-30)15-17-32(49-33)26-10-12-27(13-11-26)35-23-48-42(50-35)38-22-31-8-5-7-28-14-19-34(52-45(58)60-3)43(56)55(38)40(28)31/h5,7-8,10-13,15-18,21,23-25,34,37-39H,6,9,14,19-20,22H2,1-4H3,(H,47,51)(H,48,50)(H,52,58)(H,53,59). The predicted octanol–water partition coefficient (Wildman–Crippen LogP) is 7.03. The molecule has 1 fully saturated rings. The van der Waals surface area contributed by atoms with Crippen molar-refractivity contribution in [3.63, 3.8) is 0 Å². The van der Waals surface area contributed by atoms with Crippen LogP contribution in [0.3, 0.4) is 0 Å². The van der Waals surface area contributed by atoms with Gasteiger partial charge >= 0.3 is 12.2 Å². The lowest BCUT2D eigenvalue weighted by Crippen LogP contribution is -2.51. The molecule has 9 rings (SSSR count). The zero-order chi connectivity index (χ0) is 42.4. The van der Waals surface area contributed by atoms with Crippen molar-refractivity contribution in [3.05, 3.63) is 108 Å². The monoisotopic (exact) mass is 821 g/mol. The van der Waals surface area contributed by atoms with E-state index in [1.807, 2.05) is 68.4 Å². The van der Waals surface area contributed by atoms with Crippen molar-refractivity contribution in [3.8, 4) is 33.8 Å². The second-order valence-electron chi connectivity index (χ2n) is 16.2. The SMILES string of the molecule is COC(=O)NC1CCc2cccc3c2N(C1=O)C(c1ncc(-c2ccc(-c4ccc5cc(-c6cnc(C7CCCN7C(=O)C(NC(=O)OC)C(C)C)[nH]6)ccc5n4)cc2)[nH]1)C3. The fourth-order valence-electron chi connectivity index (χ4n) is 8.96. The molecule has 6 aromatic rings. The number of rotatable bonds is 9. The lowest BCUT2D eigenvalue weighted by Gasteiger charge is -2.30. The summed E-state index contributed by atoms with van der Waals surface area (Å²) in [6, 6.07) is 22.5. The summed E-state index contributed by atoms with van der Waals surface area (Å²) in [6.07, 6.45) is 5.70. The van der Waals surface area contributed by atoms with Crippen LogP contribution in [0.25, 0.3) is 44.7 Å². The highest BCUT2D eigenvalue weighted by Crippen LogP contribution is 2.45. The van der Waals surface area contributed by atoms with Crippen LogP contribution in [0.2, 0.25) is 0 Å². The van der Waals surface area contributed by atoms with Crippen LogP contribution in [-0.2, 0) is 31.9 Å². The van der Waals surface area contributed by atoms with Crippen molar-refractivity contribution < 1.29 is 28.7 Å². The zero-order valence-electron chi connectivity index (χ0n) is 34.4. The molecule has 4 amide bonds. The maximum absolute atomic E-state index is 13.9. The van der Waals surface area contributed by atoms with E-state index >= 15 is 0 Å². The highest BCUT2D eigenvalue weighted by Gasteiger charge is 2.43. The van der Waals surface area contributed by atoms with Crippen molar-refractivity contribution in [2.75, 3.05) is 25.7 Å². The van der Waals surface area contributed by atoms with Crippen molar-refractivity contribution in [2.24, 2.45) is 5.92 Å². The molecule has 0 aliphatic carbocycles. The maximum Gasteiger partial charge on any atom is 0.407 e. The van der Waals surface area contributed by atoms with Gasteiger partial charge in [-0.2, -0.15) is 0 Å². The first kappa shape index (κ1) is 39.4. The summed E-state index contributed by atoms with van der Waals surface area (Å²) in [7, 11) is 2.58. The third-order valence-electron chi connectivity index (χ3n) is 12.1. The Balaban J connectivity index is 0.895. The first-order chi connectivity index (χ1) is 29.6. The van der Waals surface area contributed by atoms with Gasteiger partial charge in [-0.3, -0.25) is 14.5 Å². The fourth-order valence-corrected chi connectivity index (χ4v) is 8.96. The molecule has 0 saturated carbocycles. The van der Waals surface area contributed by atoms with Gasteiger partial charge in [0.1, 0.15) is 23.7 Å². The molecule has 0 spiro atoms. The van der Waals surface area contributed by atoms with Crippen LogP contribution in [0.4, 0.5) is 15.3 Å². The quantitative estimate of drug-likeness (QED) is 0.119. The number of anilines is 1. The van der Waals surface area contributed by atoms with Gasteiger partial charge in [-0.25, -0.2) is 24.5 Å². The van der Waals surface area contributed by atoms with Crippen molar-refractivity contribution >= 4 is 40.6 Å². The molecule has 0 bridgehead atoms. The average molecular weight is 822 g/mol. The Morgan fingerprint density at radius 2 is 1.49 bits per heavy atom. The van der Waals surface area contributed by atoms with Gasteiger partial charge in [0.05, 0.1) is 67.0 Å². The van der Waals surface area contributed by atoms with E-state index in [0.29, 0.717) is 37.5 Å². The summed E-state index contributed by atoms with van der Waals surface area (Å²) in [4.78, 5) is 76.7. The Kier molecular flexibility index (Phi) is 10.5. The zero-order valence-corrected chi connectivity index (χ0v) is 34.4. The molecule has 15 heteroatoms. The number of imidazole rings is 2. The number of para-hydroxylation sites is 1. The minimum atomic E-state index is -0.706. The number of amides is 4. The first-order valence-corrected chi connectivity index (χ1v) is 20.6. The summed E-state index contributed by atoms with van der Waals surface area (Å²) < 4.78 is 9.58. The van der Waals surface area contributed by atoms with E-state index in [9.17, 15) is 19.2 Å². The lowest BCUT2D eigenvalue weighted by molar-refractivity contribution is -0.135. The molecular formula is C46H47N9O6. The van der Waals surface area contributed by atoms with Gasteiger partial charge in [0, 0.05) is 29.5 Å². The number of likely N-dealkylation sites (tertiary alicyclic amines) is 1. The van der Waals surface area contributed by atoms with Crippen LogP contribution in [0.5, 0.6) is 0 Å². The number of hydrogen-bond donors (Lipinski definition) is 4. The molecule has 3 aromatic heterocycles. The number of aromatic nitrogens is 5. The number of aryl methyl sites for hydroxylation is 1. The fraction of sp³-hybridized carbons (Fsp3) is 0.326. The molecule has 3 aliphatic heterocycles. The Labute approximate surface area is 352 Å². The summed E-state index contributed by atoms with van der Waals surface area (Å²) in [5, 5.41) is 6.41. The lowest BCUT2D eigenvalue weighted by atomic mass is 10.0. The number of nitrogens with zero attached hydrogens (tertiary/aromatic N) is 5. The van der Waals surface area contributed by atoms with Crippen LogP contribution >= 0.6 is 0 Å². The number of aromatic amines is 2. The van der Waals surface area contributed by atoms with Gasteiger partial charge in [-0.1, -0.05) is 68.4 Å². The Hall–Kier alpha value is -7.03. The molecule has 6 heterocycles. The van der Waals surface area contributed by atoms with Crippen molar-refractivity contribution in [1.82, 2.24) is 40.5 Å². The van der Waals surface area contributed by atoms with Crippen LogP contribution in [0, 0.1) is 5.92 Å². The summed E-state index contributed by atoms with van der Waals surface area (Å²) in [5.74, 6) is 0.951. The van der Waals surface area contributed by atoms with E-state index < -0.39 is 24.3 Å². The maximum atomic E-state index is 13.9. The number of methoxy groups -OCH3 is 2. The number of benzene rings is 3. The minimum absolute atomic E-state index is 0.114. The number of nitrogens with one attached hydrogen (secondary N) is 4. The highest BCUT2D eigenvalue weighted by molar-refractivity contribution is 6.02. The molecule has 15 nitrogen and oxygen atoms in total. The molecule has 0 radical (unpaired) electrons. The van der Waals surface area contributed by atoms with Crippen LogP contribution in [0.1, 0.15) is 68.0 Å². The molecule has 3 aromatic carbocycles. The van der Waals surface area contributed by atoms with E-state index in [-0.39, 0.29) is 29.8 Å². The number of H-pyrrole nitrogens is 2. The molecule has 4 N–H and O–H groups in total. The van der Waals surface area contributed by atoms with Crippen LogP contribution < -0.4 is 15.5 Å². The summed E-state index contributed by atoms with van der Waals surface area (Å²) in [5.41, 5.74) is 9.28. The van der Waals surface area contributed by atoms with E-state index in [0.717, 1.165) is 74.3 Å². The van der Waals surface area contributed by atoms with Gasteiger partial charge in [-0.05, 0) is 66.5 Å². The molecule has 4 unspecified atom stereocenters. The van der Waals surface area contributed by atoms with Gasteiger partial charge in [0.2, 0.25) is 11.8 Å². The molecule has 3 aliphatic rings. The van der Waals surface area contributed by atoms with Crippen molar-refractivity contribution in [2.45, 2.75) is 70.1 Å². The minimum Gasteiger partial charge on any atom is -0.453 e. The number of hydrogen-bond acceptors (Lipinski definition) is 9. The third kappa shape index (κ3) is 7.44. The largest absolute Gasteiger partial charge is 0.453 e. The summed E-state index contributed by atoms with van der Waals surface area (Å²) >= 11 is 0. The molecule has 1 saturated heterocycles. The third-order valence-corrected chi connectivity index (χ3v) is 12.1. The van der Waals surface area contributed by atoms with E-state index in [2.05, 4.69) is 38.8 Å². The first-order valence-electron chi connectivity index (χ1n) is 20.6. The second-order valence-corrected chi connectivity index (χ2v) is 16.2. The summed E-state index contributed by atoms with van der Waals surface area (Å²) in [6.45, 7) is 4.38. The molecular weight excluding hydrogens is 775 g/mol. The Morgan fingerprint density at radius 3 is 2.23 bits per heavy atom. The van der Waals surface area contributed by atoms with Crippen LogP contribution in [-0.4, -0.2) is 86.7 Å². The highest BCUT2D eigenvalue weighted by atomic mass is 16.5. The van der Waals surface area contributed by atoms with Gasteiger partial charge in [-0.15, -0.1) is 0 Å². The average Bonchev–Trinajstić information content (AvgIpc) is 4.11. The van der Waals surface area contributed by atoms with E-state index in [1.54, 1.807) is 22.2 Å². The predicted molar refractivity (Wildman–Crippen MR) is 228 cm³/mol. The topological polar surface area (TPSA) is 188 Å². The Bertz CT molecular complexity index is 2650. The Morgan fingerprint density at radius 1 is 0.803 bits per heavy atom. The van der Waals surface area contributed by atoms with Crippen LogP contribution in [0.15, 0.2) is 85.2 Å². The normalized spacial score (nSPS) is 18.8. The number of carbonyl (C=O) groups is 4. The smallest absolute Gasteiger partial charge is 0.407 e. The molecule has 312 valence electrons. The second kappa shape index (κ2) is 16.2. The number of alkyl carbamates (subject to hydrolysis) is 2. The van der Waals surface area contributed by atoms with E-state index in [1.165, 1.54) is 14.2 Å². The number of pyridine rings is 1. The number of fused-ring (bicyclic) bond motifs is 1.